The Labute approximate surface area is 206 Å². The fraction of sp³-hybridized carbons (Fsp3) is 0.269. The zero-order chi connectivity index (χ0) is 25.1. The van der Waals surface area contributed by atoms with Crippen molar-refractivity contribution in [3.05, 3.63) is 84.5 Å². The van der Waals surface area contributed by atoms with Crippen LogP contribution >= 0.6 is 11.3 Å². The number of allylic oxidation sites excluding steroid dienone is 1. The van der Waals surface area contributed by atoms with E-state index in [4.69, 9.17) is 18.9 Å². The minimum absolute atomic E-state index is 0.203. The second-order valence-corrected chi connectivity index (χ2v) is 8.66. The average molecular weight is 495 g/mol. The summed E-state index contributed by atoms with van der Waals surface area (Å²) >= 11 is 1.24. The molecule has 182 valence electrons. The fourth-order valence-corrected chi connectivity index (χ4v) is 5.11. The maximum atomic E-state index is 13.8. The molecule has 0 saturated heterocycles. The van der Waals surface area contributed by atoms with Crippen LogP contribution in [0.15, 0.2) is 63.5 Å². The number of ether oxygens (including phenoxy) is 4. The molecular formula is C26H26N2O6S. The Kier molecular flexibility index (Phi) is 7.07. The summed E-state index contributed by atoms with van der Waals surface area (Å²) in [5.41, 5.74) is 1.86. The summed E-state index contributed by atoms with van der Waals surface area (Å²) in [4.78, 5) is 31.9. The van der Waals surface area contributed by atoms with E-state index in [0.29, 0.717) is 49.0 Å². The van der Waals surface area contributed by atoms with Gasteiger partial charge in [-0.05, 0) is 44.2 Å². The van der Waals surface area contributed by atoms with E-state index in [1.54, 1.807) is 65.5 Å². The number of aromatic nitrogens is 1. The van der Waals surface area contributed by atoms with Gasteiger partial charge in [0.2, 0.25) is 0 Å². The van der Waals surface area contributed by atoms with E-state index < -0.39 is 12.0 Å². The van der Waals surface area contributed by atoms with Gasteiger partial charge in [0.25, 0.3) is 5.56 Å². The second kappa shape index (κ2) is 10.2. The van der Waals surface area contributed by atoms with Gasteiger partial charge in [-0.25, -0.2) is 9.79 Å². The van der Waals surface area contributed by atoms with E-state index in [0.717, 1.165) is 0 Å². The monoisotopic (exact) mass is 494 g/mol. The molecule has 8 nitrogen and oxygen atoms in total. The van der Waals surface area contributed by atoms with E-state index >= 15 is 0 Å². The number of esters is 1. The molecule has 0 N–H and O–H groups in total. The van der Waals surface area contributed by atoms with E-state index in [1.165, 1.54) is 15.9 Å². The Bertz CT molecular complexity index is 1480. The van der Waals surface area contributed by atoms with Gasteiger partial charge in [0.15, 0.2) is 4.80 Å². The van der Waals surface area contributed by atoms with Gasteiger partial charge in [-0.15, -0.1) is 0 Å². The summed E-state index contributed by atoms with van der Waals surface area (Å²) in [6.07, 6.45) is 1.74. The van der Waals surface area contributed by atoms with Gasteiger partial charge in [0.05, 0.1) is 43.7 Å². The van der Waals surface area contributed by atoms with Crippen molar-refractivity contribution in [2.45, 2.75) is 19.9 Å². The maximum Gasteiger partial charge on any atom is 0.338 e. The molecule has 0 spiro atoms. The predicted octanol–water partition coefficient (Wildman–Crippen LogP) is 2.82. The lowest BCUT2D eigenvalue weighted by molar-refractivity contribution is -0.139. The zero-order valence-corrected chi connectivity index (χ0v) is 21.0. The van der Waals surface area contributed by atoms with Gasteiger partial charge < -0.3 is 18.9 Å². The molecule has 0 aliphatic carbocycles. The summed E-state index contributed by atoms with van der Waals surface area (Å²) in [5.74, 6) is 1.27. The number of benzene rings is 2. The Morgan fingerprint density at radius 2 is 1.83 bits per heavy atom. The average Bonchev–Trinajstić information content (AvgIpc) is 3.17. The van der Waals surface area contributed by atoms with Crippen LogP contribution in [-0.2, 0) is 9.53 Å². The molecule has 0 fully saturated rings. The first-order chi connectivity index (χ1) is 16.9. The number of carbonyl (C=O) groups excluding carboxylic acids is 1. The molecule has 3 aromatic rings. The van der Waals surface area contributed by atoms with Crippen molar-refractivity contribution in [2.75, 3.05) is 27.9 Å². The van der Waals surface area contributed by atoms with Gasteiger partial charge in [0.1, 0.15) is 23.3 Å². The van der Waals surface area contributed by atoms with Gasteiger partial charge in [-0.3, -0.25) is 9.36 Å². The van der Waals surface area contributed by atoms with Gasteiger partial charge in [-0.1, -0.05) is 29.5 Å². The smallest absolute Gasteiger partial charge is 0.338 e. The van der Waals surface area contributed by atoms with Crippen LogP contribution in [0.4, 0.5) is 0 Å². The molecule has 0 bridgehead atoms. The number of methoxy groups -OCH3 is 3. The van der Waals surface area contributed by atoms with E-state index in [-0.39, 0.29) is 12.2 Å². The lowest BCUT2D eigenvalue weighted by atomic mass is 9.95. The number of para-hydroxylation sites is 1. The SMILES string of the molecule is CCOC(=O)C1=C(C)N=c2s/c(=C/c3cc(OC)ccc3OC)c(=O)n2C1c1ccccc1OC. The standard InChI is InChI=1S/C26H26N2O6S/c1-6-34-25(30)22-15(2)27-26-28(23(22)18-9-7-8-10-20(18)33-5)24(29)21(35-26)14-16-13-17(31-3)11-12-19(16)32-4/h7-14,23H,6H2,1-5H3/b21-14+. The third-order valence-corrected chi connectivity index (χ3v) is 6.66. The molecule has 0 saturated carbocycles. The third-order valence-electron chi connectivity index (χ3n) is 5.67. The van der Waals surface area contributed by atoms with Crippen molar-refractivity contribution >= 4 is 23.4 Å². The van der Waals surface area contributed by atoms with Crippen LogP contribution in [0, 0.1) is 0 Å². The highest BCUT2D eigenvalue weighted by Crippen LogP contribution is 2.35. The minimum atomic E-state index is -0.754. The van der Waals surface area contributed by atoms with Crippen molar-refractivity contribution < 1.29 is 23.7 Å². The first kappa shape index (κ1) is 24.3. The highest BCUT2D eigenvalue weighted by molar-refractivity contribution is 7.07. The van der Waals surface area contributed by atoms with Crippen molar-refractivity contribution in [3.8, 4) is 17.2 Å². The first-order valence-corrected chi connectivity index (χ1v) is 11.8. The quantitative estimate of drug-likeness (QED) is 0.470. The Balaban J connectivity index is 2.00. The molecule has 0 amide bonds. The molecule has 2 aromatic carbocycles. The number of carbonyl (C=O) groups is 1. The number of fused-ring (bicyclic) bond motifs is 1. The van der Waals surface area contributed by atoms with Gasteiger partial charge in [0, 0.05) is 11.1 Å². The molecule has 4 rings (SSSR count). The third kappa shape index (κ3) is 4.46. The van der Waals surface area contributed by atoms with Crippen molar-refractivity contribution in [3.63, 3.8) is 0 Å². The molecule has 2 heterocycles. The number of rotatable bonds is 7. The number of hydrogen-bond acceptors (Lipinski definition) is 8. The number of hydrogen-bond donors (Lipinski definition) is 0. The highest BCUT2D eigenvalue weighted by atomic mass is 32.1. The van der Waals surface area contributed by atoms with Gasteiger partial charge >= 0.3 is 5.97 Å². The lowest BCUT2D eigenvalue weighted by Gasteiger charge is -2.25. The van der Waals surface area contributed by atoms with Crippen LogP contribution in [0.2, 0.25) is 0 Å². The van der Waals surface area contributed by atoms with Crippen LogP contribution in [0.3, 0.4) is 0 Å². The van der Waals surface area contributed by atoms with Crippen LogP contribution < -0.4 is 29.1 Å². The number of nitrogens with zero attached hydrogens (tertiary/aromatic N) is 2. The molecule has 35 heavy (non-hydrogen) atoms. The summed E-state index contributed by atoms with van der Waals surface area (Å²) in [7, 11) is 4.70. The Morgan fingerprint density at radius 1 is 1.09 bits per heavy atom. The van der Waals surface area contributed by atoms with E-state index in [9.17, 15) is 9.59 Å². The zero-order valence-electron chi connectivity index (χ0n) is 20.2. The molecule has 1 atom stereocenters. The summed E-state index contributed by atoms with van der Waals surface area (Å²) in [5, 5.41) is 0. The van der Waals surface area contributed by atoms with Crippen LogP contribution in [0.5, 0.6) is 17.2 Å². The topological polar surface area (TPSA) is 88.4 Å². The lowest BCUT2D eigenvalue weighted by Crippen LogP contribution is -2.40. The van der Waals surface area contributed by atoms with Crippen LogP contribution in [-0.4, -0.2) is 38.5 Å². The first-order valence-electron chi connectivity index (χ1n) is 11.0. The molecular weight excluding hydrogens is 468 g/mol. The van der Waals surface area contributed by atoms with Gasteiger partial charge in [-0.2, -0.15) is 0 Å². The summed E-state index contributed by atoms with van der Waals surface area (Å²) in [6, 6.07) is 11.9. The largest absolute Gasteiger partial charge is 0.497 e. The minimum Gasteiger partial charge on any atom is -0.497 e. The molecule has 1 aliphatic rings. The fourth-order valence-electron chi connectivity index (χ4n) is 4.07. The summed E-state index contributed by atoms with van der Waals surface area (Å²) < 4.78 is 23.7. The highest BCUT2D eigenvalue weighted by Gasteiger charge is 2.34. The molecule has 9 heteroatoms. The normalized spacial score (nSPS) is 15.3. The van der Waals surface area contributed by atoms with E-state index in [2.05, 4.69) is 4.99 Å². The maximum absolute atomic E-state index is 13.8. The number of thiazole rings is 1. The van der Waals surface area contributed by atoms with Crippen molar-refractivity contribution in [1.29, 1.82) is 0 Å². The van der Waals surface area contributed by atoms with Crippen LogP contribution in [0.1, 0.15) is 31.0 Å². The Morgan fingerprint density at radius 3 is 2.51 bits per heavy atom. The van der Waals surface area contributed by atoms with E-state index in [1.807, 2.05) is 18.2 Å². The van der Waals surface area contributed by atoms with Crippen molar-refractivity contribution in [2.24, 2.45) is 4.99 Å². The molecule has 1 aliphatic heterocycles. The Hall–Kier alpha value is -3.85. The molecule has 1 unspecified atom stereocenters. The predicted molar refractivity (Wildman–Crippen MR) is 133 cm³/mol. The molecule has 1 aromatic heterocycles. The summed E-state index contributed by atoms with van der Waals surface area (Å²) in [6.45, 7) is 3.69. The second-order valence-electron chi connectivity index (χ2n) is 7.65. The van der Waals surface area contributed by atoms with Crippen molar-refractivity contribution in [1.82, 2.24) is 4.57 Å². The van der Waals surface area contributed by atoms with Crippen LogP contribution in [0.25, 0.3) is 6.08 Å². The molecule has 0 radical (unpaired) electrons.